The molecule has 1 atom stereocenters. The number of nitrogens with one attached hydrogen (secondary N) is 1. The van der Waals surface area contributed by atoms with Crippen molar-refractivity contribution >= 4 is 5.91 Å². The molecule has 1 spiro atoms. The summed E-state index contributed by atoms with van der Waals surface area (Å²) in [5, 5.41) is 12.7. The van der Waals surface area contributed by atoms with Gasteiger partial charge < -0.3 is 10.1 Å². The number of hydrogen-bond acceptors (Lipinski definition) is 3. The van der Waals surface area contributed by atoms with Crippen LogP contribution in [0.2, 0.25) is 0 Å². The molecule has 164 valence electrons. The minimum absolute atomic E-state index is 0.00669. The predicted octanol–water partition coefficient (Wildman–Crippen LogP) is 5.39. The van der Waals surface area contributed by atoms with E-state index in [0.717, 1.165) is 60.8 Å². The lowest BCUT2D eigenvalue weighted by Gasteiger charge is -2.38. The van der Waals surface area contributed by atoms with Crippen molar-refractivity contribution in [2.75, 3.05) is 6.61 Å². The van der Waals surface area contributed by atoms with Crippen molar-refractivity contribution < 1.29 is 22.7 Å². The van der Waals surface area contributed by atoms with Crippen LogP contribution in [0.3, 0.4) is 0 Å². The SMILES string of the molecule is N#CC1=C(C2=CCCCC2)CC2(CCc3cc(OCCCC(F)(F)F)ccc32)NC1=O. The molecule has 2 aliphatic carbocycles. The van der Waals surface area contributed by atoms with Crippen molar-refractivity contribution in [3.63, 3.8) is 0 Å². The molecule has 1 aliphatic heterocycles. The van der Waals surface area contributed by atoms with Gasteiger partial charge in [0.05, 0.1) is 12.1 Å². The van der Waals surface area contributed by atoms with E-state index in [1.165, 1.54) is 0 Å². The Labute approximate surface area is 179 Å². The van der Waals surface area contributed by atoms with E-state index >= 15 is 0 Å². The summed E-state index contributed by atoms with van der Waals surface area (Å²) >= 11 is 0. The van der Waals surface area contributed by atoms with Gasteiger partial charge in [0.1, 0.15) is 17.4 Å². The largest absolute Gasteiger partial charge is 0.494 e. The molecule has 0 radical (unpaired) electrons. The van der Waals surface area contributed by atoms with Crippen LogP contribution in [0.5, 0.6) is 5.75 Å². The molecule has 7 heteroatoms. The number of benzene rings is 1. The van der Waals surface area contributed by atoms with Crippen molar-refractivity contribution in [2.24, 2.45) is 0 Å². The number of hydrogen-bond donors (Lipinski definition) is 1. The zero-order valence-corrected chi connectivity index (χ0v) is 17.3. The van der Waals surface area contributed by atoms with Crippen LogP contribution in [-0.4, -0.2) is 18.7 Å². The molecule has 1 aromatic carbocycles. The van der Waals surface area contributed by atoms with Crippen molar-refractivity contribution in [2.45, 2.75) is 69.5 Å². The van der Waals surface area contributed by atoms with Crippen LogP contribution in [0.4, 0.5) is 13.2 Å². The lowest BCUT2D eigenvalue weighted by atomic mass is 9.76. The molecule has 4 rings (SSSR count). The summed E-state index contributed by atoms with van der Waals surface area (Å²) in [4.78, 5) is 12.8. The van der Waals surface area contributed by atoms with Crippen LogP contribution in [-0.2, 0) is 16.8 Å². The molecule has 1 unspecified atom stereocenters. The second-order valence-corrected chi connectivity index (χ2v) is 8.54. The summed E-state index contributed by atoms with van der Waals surface area (Å²) < 4.78 is 42.4. The summed E-state index contributed by atoms with van der Waals surface area (Å²) in [6.45, 7) is 0.00669. The Morgan fingerprint density at radius 3 is 2.77 bits per heavy atom. The Balaban J connectivity index is 1.54. The second kappa shape index (κ2) is 8.41. The maximum Gasteiger partial charge on any atom is 0.389 e. The molecule has 1 aromatic rings. The van der Waals surface area contributed by atoms with Gasteiger partial charge in [-0.2, -0.15) is 18.4 Å². The molecule has 1 amide bonds. The second-order valence-electron chi connectivity index (χ2n) is 8.54. The molecule has 0 aromatic heterocycles. The first-order valence-electron chi connectivity index (χ1n) is 10.8. The number of nitriles is 1. The molecule has 0 saturated heterocycles. The lowest BCUT2D eigenvalue weighted by molar-refractivity contribution is -0.136. The number of carbonyl (C=O) groups is 1. The number of nitrogens with zero attached hydrogens (tertiary/aromatic N) is 1. The highest BCUT2D eigenvalue weighted by Crippen LogP contribution is 2.47. The Morgan fingerprint density at radius 2 is 2.06 bits per heavy atom. The van der Waals surface area contributed by atoms with Gasteiger partial charge in [0.2, 0.25) is 0 Å². The Bertz CT molecular complexity index is 988. The predicted molar refractivity (Wildman–Crippen MR) is 109 cm³/mol. The smallest absolute Gasteiger partial charge is 0.389 e. The normalized spacial score (nSPS) is 23.3. The molecule has 0 fully saturated rings. The molecule has 1 heterocycles. The van der Waals surface area contributed by atoms with E-state index in [9.17, 15) is 23.2 Å². The van der Waals surface area contributed by atoms with E-state index in [1.54, 1.807) is 6.07 Å². The Hall–Kier alpha value is -2.75. The first-order valence-corrected chi connectivity index (χ1v) is 10.8. The highest BCUT2D eigenvalue weighted by atomic mass is 19.4. The minimum atomic E-state index is -4.17. The summed E-state index contributed by atoms with van der Waals surface area (Å²) in [5.74, 6) is 0.221. The van der Waals surface area contributed by atoms with E-state index in [-0.39, 0.29) is 24.5 Å². The van der Waals surface area contributed by atoms with Gasteiger partial charge in [-0.15, -0.1) is 0 Å². The highest BCUT2D eigenvalue weighted by molar-refractivity contribution is 6.00. The number of allylic oxidation sites excluding steroid dienone is 2. The third-order valence-electron chi connectivity index (χ3n) is 6.44. The van der Waals surface area contributed by atoms with E-state index in [2.05, 4.69) is 17.5 Å². The number of amides is 1. The van der Waals surface area contributed by atoms with Crippen LogP contribution < -0.4 is 10.1 Å². The molecule has 0 bridgehead atoms. The van der Waals surface area contributed by atoms with E-state index in [1.807, 2.05) is 12.1 Å². The highest BCUT2D eigenvalue weighted by Gasteiger charge is 2.45. The summed E-state index contributed by atoms with van der Waals surface area (Å²) in [6.07, 6.45) is 3.15. The fourth-order valence-electron chi connectivity index (χ4n) is 4.95. The summed E-state index contributed by atoms with van der Waals surface area (Å²) in [6, 6.07) is 7.64. The number of alkyl halides is 3. The van der Waals surface area contributed by atoms with Crippen molar-refractivity contribution in [1.82, 2.24) is 5.32 Å². The molecular weight excluding hydrogens is 405 g/mol. The van der Waals surface area contributed by atoms with Crippen molar-refractivity contribution in [3.8, 4) is 11.8 Å². The number of rotatable bonds is 5. The topological polar surface area (TPSA) is 62.1 Å². The van der Waals surface area contributed by atoms with Gasteiger partial charge in [-0.25, -0.2) is 0 Å². The quantitative estimate of drug-likeness (QED) is 0.637. The molecule has 1 N–H and O–H groups in total. The molecule has 4 nitrogen and oxygen atoms in total. The van der Waals surface area contributed by atoms with Crippen LogP contribution in [0.25, 0.3) is 0 Å². The van der Waals surface area contributed by atoms with E-state index in [0.29, 0.717) is 12.2 Å². The van der Waals surface area contributed by atoms with Crippen LogP contribution in [0.1, 0.15) is 62.5 Å². The van der Waals surface area contributed by atoms with Crippen molar-refractivity contribution in [1.29, 1.82) is 5.26 Å². The summed E-state index contributed by atoms with van der Waals surface area (Å²) in [7, 11) is 0. The zero-order chi connectivity index (χ0) is 22.1. The van der Waals surface area contributed by atoms with E-state index < -0.39 is 18.1 Å². The molecule has 0 saturated carbocycles. The minimum Gasteiger partial charge on any atom is -0.494 e. The Kier molecular flexibility index (Phi) is 5.83. The lowest BCUT2D eigenvalue weighted by Crippen LogP contribution is -2.48. The molecule has 31 heavy (non-hydrogen) atoms. The van der Waals surface area contributed by atoms with Gasteiger partial charge in [-0.05, 0) is 79.4 Å². The number of ether oxygens (including phenoxy) is 1. The van der Waals surface area contributed by atoms with Gasteiger partial charge in [-0.3, -0.25) is 4.79 Å². The average molecular weight is 430 g/mol. The van der Waals surface area contributed by atoms with Gasteiger partial charge in [0.15, 0.2) is 0 Å². The molecular formula is C24H25F3N2O2. The first-order chi connectivity index (χ1) is 14.8. The number of aryl methyl sites for hydroxylation is 1. The maximum atomic E-state index is 12.8. The van der Waals surface area contributed by atoms with Crippen LogP contribution in [0, 0.1) is 11.3 Å². The third kappa shape index (κ3) is 4.48. The van der Waals surface area contributed by atoms with Gasteiger partial charge in [0, 0.05) is 12.8 Å². The average Bonchev–Trinajstić information content (AvgIpc) is 3.08. The summed E-state index contributed by atoms with van der Waals surface area (Å²) in [5.41, 5.74) is 3.70. The van der Waals surface area contributed by atoms with Gasteiger partial charge >= 0.3 is 6.18 Å². The number of halogens is 3. The molecule has 3 aliphatic rings. The monoisotopic (exact) mass is 430 g/mol. The fraction of sp³-hybridized carbons (Fsp3) is 0.500. The fourth-order valence-corrected chi connectivity index (χ4v) is 4.95. The standard InChI is InChI=1S/C24H25F3N2O2/c25-24(26,27)10-4-12-31-18-7-8-21-17(13-18)9-11-23(21)14-19(16-5-2-1-3-6-16)20(15-28)22(30)29-23/h5,7-8,13H,1-4,6,9-12,14H2,(H,29,30). The number of carbonyl (C=O) groups excluding carboxylic acids is 1. The Morgan fingerprint density at radius 1 is 1.23 bits per heavy atom. The van der Waals surface area contributed by atoms with Crippen LogP contribution >= 0.6 is 0 Å². The zero-order valence-electron chi connectivity index (χ0n) is 17.3. The van der Waals surface area contributed by atoms with Gasteiger partial charge in [-0.1, -0.05) is 12.1 Å². The van der Waals surface area contributed by atoms with E-state index in [4.69, 9.17) is 4.74 Å². The van der Waals surface area contributed by atoms with Gasteiger partial charge in [0.25, 0.3) is 5.91 Å². The van der Waals surface area contributed by atoms with Crippen molar-refractivity contribution in [3.05, 3.63) is 52.1 Å². The first kappa shape index (κ1) is 21.5. The third-order valence-corrected chi connectivity index (χ3v) is 6.44. The number of fused-ring (bicyclic) bond motifs is 2. The maximum absolute atomic E-state index is 12.8. The van der Waals surface area contributed by atoms with Crippen LogP contribution in [0.15, 0.2) is 41.0 Å².